The van der Waals surface area contributed by atoms with Gasteiger partial charge in [-0.1, -0.05) is 18.2 Å². The molecule has 0 radical (unpaired) electrons. The highest BCUT2D eigenvalue weighted by Gasteiger charge is 2.31. The van der Waals surface area contributed by atoms with Gasteiger partial charge in [-0.2, -0.15) is 0 Å². The molecule has 1 N–H and O–H groups in total. The van der Waals surface area contributed by atoms with Crippen LogP contribution in [0.5, 0.6) is 5.75 Å². The molecule has 1 fully saturated rings. The van der Waals surface area contributed by atoms with Crippen molar-refractivity contribution in [3.8, 4) is 5.75 Å². The maximum absolute atomic E-state index is 5.83. The molecule has 0 bridgehead atoms. The molecule has 2 atom stereocenters. The van der Waals surface area contributed by atoms with Crippen molar-refractivity contribution in [3.63, 3.8) is 0 Å². The van der Waals surface area contributed by atoms with E-state index in [1.807, 2.05) is 6.07 Å². The summed E-state index contributed by atoms with van der Waals surface area (Å²) in [5.74, 6) is 1.03. The smallest absolute Gasteiger partial charge is 0.124 e. The number of para-hydroxylation sites is 1. The number of rotatable bonds is 3. The molecule has 18 heavy (non-hydrogen) atoms. The molecule has 2 aliphatic rings. The molecule has 1 aromatic rings. The molecule has 3 rings (SSSR count). The third-order valence-corrected chi connectivity index (χ3v) is 3.98. The maximum Gasteiger partial charge on any atom is 0.124 e. The number of benzene rings is 1. The van der Waals surface area contributed by atoms with Gasteiger partial charge in [-0.3, -0.25) is 0 Å². The van der Waals surface area contributed by atoms with Crippen LogP contribution < -0.4 is 10.1 Å². The molecular weight excluding hydrogens is 226 g/mol. The van der Waals surface area contributed by atoms with Crippen molar-refractivity contribution in [2.75, 3.05) is 19.8 Å². The first-order valence-electron chi connectivity index (χ1n) is 6.86. The van der Waals surface area contributed by atoms with Gasteiger partial charge in [0.05, 0.1) is 12.2 Å². The highest BCUT2D eigenvalue weighted by molar-refractivity contribution is 5.37. The zero-order chi connectivity index (χ0) is 12.4. The second-order valence-corrected chi connectivity index (χ2v) is 5.51. The molecule has 98 valence electrons. The molecule has 0 spiro atoms. The zero-order valence-electron chi connectivity index (χ0n) is 10.9. The summed E-state index contributed by atoms with van der Waals surface area (Å²) in [7, 11) is 0. The fraction of sp³-hybridized carbons (Fsp3) is 0.600. The summed E-state index contributed by atoms with van der Waals surface area (Å²) in [5.41, 5.74) is 1.30. The lowest BCUT2D eigenvalue weighted by molar-refractivity contribution is 0.0176. The lowest BCUT2D eigenvalue weighted by Gasteiger charge is -2.31. The minimum absolute atomic E-state index is 0.0211. The Bertz CT molecular complexity index is 413. The minimum atomic E-state index is 0.0211. The molecule has 0 aromatic heterocycles. The summed E-state index contributed by atoms with van der Waals surface area (Å²) in [4.78, 5) is 0. The first kappa shape index (κ1) is 12.0. The van der Waals surface area contributed by atoms with E-state index in [0.717, 1.165) is 38.3 Å². The maximum atomic E-state index is 5.83. The van der Waals surface area contributed by atoms with Gasteiger partial charge >= 0.3 is 0 Å². The highest BCUT2D eigenvalue weighted by Crippen LogP contribution is 2.32. The van der Waals surface area contributed by atoms with Crippen molar-refractivity contribution < 1.29 is 9.47 Å². The molecule has 2 heterocycles. The second kappa shape index (κ2) is 4.90. The van der Waals surface area contributed by atoms with E-state index in [0.29, 0.717) is 6.04 Å². The summed E-state index contributed by atoms with van der Waals surface area (Å²) in [6, 6.07) is 8.72. The molecule has 1 aromatic carbocycles. The Morgan fingerprint density at radius 1 is 1.33 bits per heavy atom. The van der Waals surface area contributed by atoms with Gasteiger partial charge in [-0.15, -0.1) is 0 Å². The number of hydrogen-bond donors (Lipinski definition) is 1. The van der Waals surface area contributed by atoms with Gasteiger partial charge in [0.25, 0.3) is 0 Å². The van der Waals surface area contributed by atoms with Gasteiger partial charge in [0.1, 0.15) is 5.75 Å². The first-order valence-corrected chi connectivity index (χ1v) is 6.86. The summed E-state index contributed by atoms with van der Waals surface area (Å²) >= 11 is 0. The summed E-state index contributed by atoms with van der Waals surface area (Å²) in [6.07, 6.45) is 3.38. The van der Waals surface area contributed by atoms with Crippen LogP contribution in [0, 0.1) is 0 Å². The van der Waals surface area contributed by atoms with Crippen LogP contribution in [0.3, 0.4) is 0 Å². The fourth-order valence-electron chi connectivity index (χ4n) is 2.87. The van der Waals surface area contributed by atoms with Crippen molar-refractivity contribution >= 4 is 0 Å². The van der Waals surface area contributed by atoms with Gasteiger partial charge in [-0.05, 0) is 25.8 Å². The Morgan fingerprint density at radius 2 is 2.22 bits per heavy atom. The summed E-state index contributed by atoms with van der Waals surface area (Å²) < 4.78 is 11.5. The summed E-state index contributed by atoms with van der Waals surface area (Å²) in [6.45, 7) is 4.83. The highest BCUT2D eigenvalue weighted by atomic mass is 16.5. The van der Waals surface area contributed by atoms with E-state index in [4.69, 9.17) is 9.47 Å². The van der Waals surface area contributed by atoms with E-state index in [2.05, 4.69) is 30.4 Å². The van der Waals surface area contributed by atoms with Crippen molar-refractivity contribution in [3.05, 3.63) is 29.8 Å². The lowest BCUT2D eigenvalue weighted by Crippen LogP contribution is -2.40. The Balaban J connectivity index is 1.67. The standard InChI is InChI=1S/C15H21NO2/c1-15(8-4-9-18-15)11-16-13-7-10-17-14-6-3-2-5-12(13)14/h2-3,5-6,13,16H,4,7-11H2,1H3. The molecule has 2 aliphatic heterocycles. The van der Waals surface area contributed by atoms with Gasteiger partial charge in [0, 0.05) is 31.2 Å². The van der Waals surface area contributed by atoms with Crippen LogP contribution >= 0.6 is 0 Å². The van der Waals surface area contributed by atoms with Crippen molar-refractivity contribution in [1.82, 2.24) is 5.32 Å². The van der Waals surface area contributed by atoms with Gasteiger partial charge in [0.2, 0.25) is 0 Å². The van der Waals surface area contributed by atoms with E-state index < -0.39 is 0 Å². The lowest BCUT2D eigenvalue weighted by atomic mass is 9.98. The Kier molecular flexibility index (Phi) is 3.27. The minimum Gasteiger partial charge on any atom is -0.493 e. The van der Waals surface area contributed by atoms with Gasteiger partial charge in [-0.25, -0.2) is 0 Å². The van der Waals surface area contributed by atoms with Crippen LogP contribution in [0.15, 0.2) is 24.3 Å². The van der Waals surface area contributed by atoms with E-state index in [9.17, 15) is 0 Å². The Labute approximate surface area is 108 Å². The molecule has 0 amide bonds. The van der Waals surface area contributed by atoms with E-state index in [1.54, 1.807) is 0 Å². The molecule has 3 nitrogen and oxygen atoms in total. The molecule has 1 saturated heterocycles. The fourth-order valence-corrected chi connectivity index (χ4v) is 2.87. The third-order valence-electron chi connectivity index (χ3n) is 3.98. The number of fused-ring (bicyclic) bond motifs is 1. The van der Waals surface area contributed by atoms with E-state index >= 15 is 0 Å². The van der Waals surface area contributed by atoms with E-state index in [1.165, 1.54) is 12.0 Å². The molecule has 3 heteroatoms. The third kappa shape index (κ3) is 2.38. The Morgan fingerprint density at radius 3 is 3.06 bits per heavy atom. The van der Waals surface area contributed by atoms with Crippen molar-refractivity contribution in [2.45, 2.75) is 37.8 Å². The van der Waals surface area contributed by atoms with Gasteiger partial charge in [0.15, 0.2) is 0 Å². The molecular formula is C15H21NO2. The zero-order valence-corrected chi connectivity index (χ0v) is 10.9. The first-order chi connectivity index (χ1) is 8.77. The predicted molar refractivity (Wildman–Crippen MR) is 70.9 cm³/mol. The van der Waals surface area contributed by atoms with Crippen LogP contribution in [-0.2, 0) is 4.74 Å². The van der Waals surface area contributed by atoms with Crippen molar-refractivity contribution in [2.24, 2.45) is 0 Å². The van der Waals surface area contributed by atoms with Crippen molar-refractivity contribution in [1.29, 1.82) is 0 Å². The quantitative estimate of drug-likeness (QED) is 0.890. The van der Waals surface area contributed by atoms with Crippen LogP contribution in [0.25, 0.3) is 0 Å². The van der Waals surface area contributed by atoms with E-state index in [-0.39, 0.29) is 5.60 Å². The molecule has 0 saturated carbocycles. The number of nitrogens with one attached hydrogen (secondary N) is 1. The van der Waals surface area contributed by atoms with Crippen LogP contribution in [-0.4, -0.2) is 25.4 Å². The normalized spacial score (nSPS) is 30.8. The van der Waals surface area contributed by atoms with Gasteiger partial charge < -0.3 is 14.8 Å². The van der Waals surface area contributed by atoms with Crippen LogP contribution in [0.1, 0.15) is 37.8 Å². The molecule has 0 aliphatic carbocycles. The molecule has 2 unspecified atom stereocenters. The average Bonchev–Trinajstić information content (AvgIpc) is 2.84. The van der Waals surface area contributed by atoms with Crippen LogP contribution in [0.2, 0.25) is 0 Å². The monoisotopic (exact) mass is 247 g/mol. The average molecular weight is 247 g/mol. The SMILES string of the molecule is CC1(CNC2CCOc3ccccc32)CCCO1. The number of hydrogen-bond acceptors (Lipinski definition) is 3. The Hall–Kier alpha value is -1.06. The summed E-state index contributed by atoms with van der Waals surface area (Å²) in [5, 5.41) is 3.66. The topological polar surface area (TPSA) is 30.5 Å². The number of ether oxygens (including phenoxy) is 2. The largest absolute Gasteiger partial charge is 0.493 e. The predicted octanol–water partition coefficient (Wildman–Crippen LogP) is 2.67. The second-order valence-electron chi connectivity index (χ2n) is 5.51. The van der Waals surface area contributed by atoms with Crippen LogP contribution in [0.4, 0.5) is 0 Å².